The highest BCUT2D eigenvalue weighted by molar-refractivity contribution is 7.12. The summed E-state index contributed by atoms with van der Waals surface area (Å²) < 4.78 is 26.0. The molecule has 0 aliphatic carbocycles. The molecule has 1 aromatic carbocycles. The van der Waals surface area contributed by atoms with Gasteiger partial charge in [-0.05, 0) is 30.5 Å². The summed E-state index contributed by atoms with van der Waals surface area (Å²) in [6, 6.07) is 5.02. The van der Waals surface area contributed by atoms with Gasteiger partial charge in [0, 0.05) is 0 Å². The van der Waals surface area contributed by atoms with Gasteiger partial charge in [-0.3, -0.25) is 0 Å². The van der Waals surface area contributed by atoms with Crippen molar-refractivity contribution in [1.29, 1.82) is 0 Å². The highest BCUT2D eigenvalue weighted by Crippen LogP contribution is 2.21. The minimum atomic E-state index is -1.18. The number of hydrogen-bond acceptors (Lipinski definition) is 4. The summed E-state index contributed by atoms with van der Waals surface area (Å²) in [6.07, 6.45) is 0. The number of nitrogens with zero attached hydrogens (tertiary/aromatic N) is 1. The molecule has 20 heavy (non-hydrogen) atoms. The predicted octanol–water partition coefficient (Wildman–Crippen LogP) is 4.26. The first kappa shape index (κ1) is 14.6. The molecule has 2 rings (SSSR count). The zero-order chi connectivity index (χ0) is 14.7. The first-order valence-electron chi connectivity index (χ1n) is 5.43. The number of benzene rings is 1. The lowest BCUT2D eigenvalue weighted by Gasteiger charge is -2.03. The van der Waals surface area contributed by atoms with E-state index in [4.69, 9.17) is 11.6 Å². The largest absolute Gasteiger partial charge is 0.367 e. The van der Waals surface area contributed by atoms with Crippen LogP contribution in [-0.2, 0) is 4.84 Å². The van der Waals surface area contributed by atoms with Crippen LogP contribution in [0.3, 0.4) is 0 Å². The minimum absolute atomic E-state index is 0.238. The fourth-order valence-electron chi connectivity index (χ4n) is 1.37. The molecule has 1 heterocycles. The number of carbonyl (C=O) groups excluding carboxylic acids is 1. The van der Waals surface area contributed by atoms with Crippen molar-refractivity contribution in [2.24, 2.45) is 5.16 Å². The van der Waals surface area contributed by atoms with Gasteiger partial charge in [0.2, 0.25) is 0 Å². The lowest BCUT2D eigenvalue weighted by Crippen LogP contribution is -2.05. The Kier molecular flexibility index (Phi) is 4.46. The van der Waals surface area contributed by atoms with Crippen LogP contribution in [0.5, 0.6) is 0 Å². The first-order valence-corrected chi connectivity index (χ1v) is 6.69. The number of rotatable bonds is 3. The molecule has 0 unspecified atom stereocenters. The lowest BCUT2D eigenvalue weighted by molar-refractivity contribution is 0.0516. The van der Waals surface area contributed by atoms with Crippen LogP contribution in [0.25, 0.3) is 0 Å². The Hall–Kier alpha value is -1.79. The summed E-state index contributed by atoms with van der Waals surface area (Å²) in [7, 11) is 0. The van der Waals surface area contributed by atoms with Crippen molar-refractivity contribution in [3.8, 4) is 0 Å². The zero-order valence-electron chi connectivity index (χ0n) is 10.2. The summed E-state index contributed by atoms with van der Waals surface area (Å²) in [6.45, 7) is 1.66. The van der Waals surface area contributed by atoms with Crippen LogP contribution in [0.1, 0.15) is 22.2 Å². The predicted molar refractivity (Wildman–Crippen MR) is 73.3 cm³/mol. The van der Waals surface area contributed by atoms with Gasteiger partial charge in [-0.2, -0.15) is 0 Å². The normalized spacial score (nSPS) is 11.5. The number of oxime groups is 1. The van der Waals surface area contributed by atoms with E-state index in [9.17, 15) is 13.6 Å². The van der Waals surface area contributed by atoms with E-state index >= 15 is 0 Å². The van der Waals surface area contributed by atoms with Gasteiger partial charge in [0.15, 0.2) is 11.6 Å². The van der Waals surface area contributed by atoms with Crippen molar-refractivity contribution in [2.45, 2.75) is 6.92 Å². The number of halogens is 3. The molecular weight excluding hydrogens is 308 g/mol. The quantitative estimate of drug-likeness (QED) is 0.367. The van der Waals surface area contributed by atoms with Crippen LogP contribution in [0.4, 0.5) is 8.78 Å². The molecule has 0 saturated heterocycles. The van der Waals surface area contributed by atoms with Crippen molar-refractivity contribution in [3.05, 3.63) is 56.7 Å². The molecule has 0 bridgehead atoms. The van der Waals surface area contributed by atoms with Crippen molar-refractivity contribution in [2.75, 3.05) is 0 Å². The Labute approximate surface area is 122 Å². The van der Waals surface area contributed by atoms with Crippen molar-refractivity contribution >= 4 is 34.6 Å². The number of hydrogen-bond donors (Lipinski definition) is 0. The molecule has 3 nitrogen and oxygen atoms in total. The van der Waals surface area contributed by atoms with Crippen LogP contribution in [-0.4, -0.2) is 11.7 Å². The van der Waals surface area contributed by atoms with Gasteiger partial charge in [-0.15, -0.1) is 11.3 Å². The third-order valence-corrected chi connectivity index (χ3v) is 3.66. The first-order chi connectivity index (χ1) is 9.49. The molecule has 0 aliphatic rings. The molecule has 0 radical (unpaired) electrons. The maximum atomic E-state index is 13.1. The third-order valence-electron chi connectivity index (χ3n) is 2.37. The Balaban J connectivity index is 2.17. The van der Waals surface area contributed by atoms with Gasteiger partial charge >= 0.3 is 5.97 Å². The maximum Gasteiger partial charge on any atom is 0.367 e. The topological polar surface area (TPSA) is 38.7 Å². The number of thiophene rings is 1. The van der Waals surface area contributed by atoms with Gasteiger partial charge in [-0.1, -0.05) is 22.8 Å². The standard InChI is InChI=1S/C13H8ClF2NO2S/c1-7(12-3-2-4-20-12)17-19-13(18)8-5-10(15)11(16)6-9(8)14/h2-6H,1H3. The molecule has 0 atom stereocenters. The van der Waals surface area contributed by atoms with Crippen LogP contribution >= 0.6 is 22.9 Å². The van der Waals surface area contributed by atoms with Gasteiger partial charge in [0.1, 0.15) is 0 Å². The second kappa shape index (κ2) is 6.11. The second-order valence-electron chi connectivity index (χ2n) is 3.78. The van der Waals surface area contributed by atoms with E-state index in [1.54, 1.807) is 6.92 Å². The van der Waals surface area contributed by atoms with Crippen LogP contribution < -0.4 is 0 Å². The third kappa shape index (κ3) is 3.20. The van der Waals surface area contributed by atoms with E-state index in [1.807, 2.05) is 17.5 Å². The summed E-state index contributed by atoms with van der Waals surface area (Å²) >= 11 is 7.09. The molecule has 2 aromatic rings. The van der Waals surface area contributed by atoms with Crippen LogP contribution in [0, 0.1) is 11.6 Å². The molecule has 1 aromatic heterocycles. The van der Waals surface area contributed by atoms with E-state index in [2.05, 4.69) is 9.99 Å². The monoisotopic (exact) mass is 315 g/mol. The molecule has 104 valence electrons. The molecule has 0 fully saturated rings. The smallest absolute Gasteiger partial charge is 0.312 e. The van der Waals surface area contributed by atoms with Gasteiger partial charge in [0.05, 0.1) is 21.2 Å². The summed E-state index contributed by atoms with van der Waals surface area (Å²) in [4.78, 5) is 17.2. The molecule has 0 N–H and O–H groups in total. The molecule has 0 amide bonds. The molecule has 0 spiro atoms. The summed E-state index contributed by atoms with van der Waals surface area (Å²) in [5.41, 5.74) is 0.209. The molecular formula is C13H8ClF2NO2S. The van der Waals surface area contributed by atoms with E-state index in [0.29, 0.717) is 17.8 Å². The van der Waals surface area contributed by atoms with Crippen molar-refractivity contribution in [3.63, 3.8) is 0 Å². The average Bonchev–Trinajstić information content (AvgIpc) is 2.94. The van der Waals surface area contributed by atoms with Gasteiger partial charge < -0.3 is 4.84 Å². The lowest BCUT2D eigenvalue weighted by atomic mass is 10.2. The van der Waals surface area contributed by atoms with Gasteiger partial charge in [-0.25, -0.2) is 13.6 Å². The minimum Gasteiger partial charge on any atom is -0.312 e. The highest BCUT2D eigenvalue weighted by atomic mass is 35.5. The SMILES string of the molecule is CC(=NOC(=O)c1cc(F)c(F)cc1Cl)c1cccs1. The summed E-state index contributed by atoms with van der Waals surface area (Å²) in [5, 5.41) is 5.25. The Morgan fingerprint density at radius 1 is 1.35 bits per heavy atom. The molecule has 0 aliphatic heterocycles. The van der Waals surface area contributed by atoms with E-state index < -0.39 is 17.6 Å². The Morgan fingerprint density at radius 3 is 2.70 bits per heavy atom. The molecule has 7 heteroatoms. The van der Waals surface area contributed by atoms with E-state index in [-0.39, 0.29) is 10.6 Å². The van der Waals surface area contributed by atoms with Crippen LogP contribution in [0.15, 0.2) is 34.8 Å². The van der Waals surface area contributed by atoms with Crippen molar-refractivity contribution < 1.29 is 18.4 Å². The fraction of sp³-hybridized carbons (Fsp3) is 0.0769. The second-order valence-corrected chi connectivity index (χ2v) is 5.13. The number of carbonyl (C=O) groups is 1. The average molecular weight is 316 g/mol. The van der Waals surface area contributed by atoms with E-state index in [0.717, 1.165) is 4.88 Å². The Bertz CT molecular complexity index is 671. The summed E-state index contributed by atoms with van der Waals surface area (Å²) in [5.74, 6) is -3.27. The van der Waals surface area contributed by atoms with Crippen LogP contribution in [0.2, 0.25) is 5.02 Å². The fourth-order valence-corrected chi connectivity index (χ4v) is 2.26. The van der Waals surface area contributed by atoms with Gasteiger partial charge in [0.25, 0.3) is 0 Å². The maximum absolute atomic E-state index is 13.1. The highest BCUT2D eigenvalue weighted by Gasteiger charge is 2.16. The Morgan fingerprint density at radius 2 is 2.05 bits per heavy atom. The van der Waals surface area contributed by atoms with Crippen molar-refractivity contribution in [1.82, 2.24) is 0 Å². The zero-order valence-corrected chi connectivity index (χ0v) is 11.8. The molecule has 0 saturated carbocycles. The van der Waals surface area contributed by atoms with E-state index in [1.165, 1.54) is 11.3 Å².